The number of hydrogen-bond donors (Lipinski definition) is 0. The Kier molecular flexibility index (Phi) is 3.78. The number of nitrogens with zero attached hydrogens (tertiary/aromatic N) is 1. The van der Waals surface area contributed by atoms with E-state index in [4.69, 9.17) is 0 Å². The van der Waals surface area contributed by atoms with Crippen molar-refractivity contribution in [3.05, 3.63) is 115 Å². The van der Waals surface area contributed by atoms with Gasteiger partial charge in [-0.2, -0.15) is 0 Å². The highest BCUT2D eigenvalue weighted by Gasteiger charge is 2.15. The minimum atomic E-state index is 1.20. The van der Waals surface area contributed by atoms with Crippen LogP contribution in [0.3, 0.4) is 0 Å². The number of rotatable bonds is 2. The molecule has 0 saturated heterocycles. The van der Waals surface area contributed by atoms with Crippen LogP contribution in [0, 0.1) is 0 Å². The molecule has 2 heteroatoms. The maximum atomic E-state index is 2.40. The van der Waals surface area contributed by atoms with Gasteiger partial charge >= 0.3 is 0 Å². The Morgan fingerprint density at radius 1 is 0.438 bits per heavy atom. The first-order chi connectivity index (χ1) is 15.9. The molecule has 1 nitrogen and oxygen atoms in total. The van der Waals surface area contributed by atoms with Crippen LogP contribution in [0.4, 0.5) is 0 Å². The SMILES string of the molecule is c1ccc(-c2ccc3sc4cc5c(cc4c3c2)c2ccccc2n5-c2ccccc2)cc1. The van der Waals surface area contributed by atoms with E-state index in [0.29, 0.717) is 0 Å². The normalized spacial score (nSPS) is 11.8. The molecule has 5 aromatic carbocycles. The number of hydrogen-bond acceptors (Lipinski definition) is 1. The molecule has 0 unspecified atom stereocenters. The zero-order valence-corrected chi connectivity index (χ0v) is 18.1. The van der Waals surface area contributed by atoms with E-state index in [1.54, 1.807) is 0 Å². The topological polar surface area (TPSA) is 4.93 Å². The van der Waals surface area contributed by atoms with Gasteiger partial charge in [0.25, 0.3) is 0 Å². The van der Waals surface area contributed by atoms with Crippen molar-refractivity contribution >= 4 is 53.3 Å². The number of benzene rings is 5. The van der Waals surface area contributed by atoms with Crippen LogP contribution in [-0.4, -0.2) is 4.57 Å². The van der Waals surface area contributed by atoms with Crippen LogP contribution < -0.4 is 0 Å². The molecular formula is C30H19NS. The Labute approximate surface area is 189 Å². The molecule has 0 radical (unpaired) electrons. The molecule has 150 valence electrons. The first-order valence-corrected chi connectivity index (χ1v) is 11.7. The summed E-state index contributed by atoms with van der Waals surface area (Å²) in [5.41, 5.74) is 6.24. The second-order valence-corrected chi connectivity index (χ2v) is 9.32. The van der Waals surface area contributed by atoms with Crippen molar-refractivity contribution in [2.75, 3.05) is 0 Å². The number of aromatic nitrogens is 1. The predicted octanol–water partition coefficient (Wildman–Crippen LogP) is 8.82. The summed E-state index contributed by atoms with van der Waals surface area (Å²) in [6.07, 6.45) is 0. The molecule has 2 heterocycles. The third-order valence-electron chi connectivity index (χ3n) is 6.39. The van der Waals surface area contributed by atoms with Crippen molar-refractivity contribution in [3.8, 4) is 16.8 Å². The summed E-state index contributed by atoms with van der Waals surface area (Å²) in [6, 6.07) is 41.7. The third-order valence-corrected chi connectivity index (χ3v) is 7.52. The van der Waals surface area contributed by atoms with E-state index in [1.807, 2.05) is 11.3 Å². The molecule has 0 amide bonds. The van der Waals surface area contributed by atoms with Crippen molar-refractivity contribution in [1.82, 2.24) is 4.57 Å². The Morgan fingerprint density at radius 3 is 2.00 bits per heavy atom. The lowest BCUT2D eigenvalue weighted by Crippen LogP contribution is -1.92. The summed E-state index contributed by atoms with van der Waals surface area (Å²) >= 11 is 1.88. The van der Waals surface area contributed by atoms with Crippen LogP contribution in [0.5, 0.6) is 0 Å². The summed E-state index contributed by atoms with van der Waals surface area (Å²) in [5.74, 6) is 0. The monoisotopic (exact) mass is 425 g/mol. The van der Waals surface area contributed by atoms with E-state index in [1.165, 1.54) is 58.8 Å². The van der Waals surface area contributed by atoms with Gasteiger partial charge in [-0.15, -0.1) is 11.3 Å². The fourth-order valence-corrected chi connectivity index (χ4v) is 6.01. The van der Waals surface area contributed by atoms with Crippen LogP contribution in [0.15, 0.2) is 115 Å². The molecular weight excluding hydrogens is 406 g/mol. The summed E-state index contributed by atoms with van der Waals surface area (Å²) in [5, 5.41) is 5.28. The summed E-state index contributed by atoms with van der Waals surface area (Å²) in [4.78, 5) is 0. The van der Waals surface area contributed by atoms with Gasteiger partial charge in [0.2, 0.25) is 0 Å². The minimum absolute atomic E-state index is 1.20. The predicted molar refractivity (Wildman–Crippen MR) is 139 cm³/mol. The molecule has 0 aliphatic carbocycles. The van der Waals surface area contributed by atoms with Gasteiger partial charge in [-0.3, -0.25) is 0 Å². The number of para-hydroxylation sites is 2. The van der Waals surface area contributed by atoms with Gasteiger partial charge in [0, 0.05) is 36.6 Å². The molecule has 7 rings (SSSR count). The number of fused-ring (bicyclic) bond motifs is 6. The van der Waals surface area contributed by atoms with Crippen LogP contribution >= 0.6 is 11.3 Å². The Morgan fingerprint density at radius 2 is 1.16 bits per heavy atom. The molecule has 0 aliphatic rings. The second kappa shape index (κ2) is 6.81. The molecule has 0 atom stereocenters. The standard InChI is InChI=1S/C30H19NS/c1-3-9-20(10-4-1)21-15-16-29-25(17-21)26-18-24-23-13-7-8-14-27(23)31(22-11-5-2-6-12-22)28(24)19-30(26)32-29/h1-19H. The highest BCUT2D eigenvalue weighted by atomic mass is 32.1. The Balaban J connectivity index is 1.57. The lowest BCUT2D eigenvalue weighted by molar-refractivity contribution is 1.18. The highest BCUT2D eigenvalue weighted by molar-refractivity contribution is 7.25. The average Bonchev–Trinajstić information content (AvgIpc) is 3.38. The zero-order chi connectivity index (χ0) is 21.1. The minimum Gasteiger partial charge on any atom is -0.309 e. The fraction of sp³-hybridized carbons (Fsp3) is 0. The van der Waals surface area contributed by atoms with Crippen LogP contribution in [0.25, 0.3) is 58.8 Å². The van der Waals surface area contributed by atoms with Gasteiger partial charge in [-0.25, -0.2) is 0 Å². The maximum absolute atomic E-state index is 2.40. The average molecular weight is 426 g/mol. The smallest absolute Gasteiger partial charge is 0.0555 e. The van der Waals surface area contributed by atoms with Crippen molar-refractivity contribution in [3.63, 3.8) is 0 Å². The molecule has 0 bridgehead atoms. The van der Waals surface area contributed by atoms with E-state index in [-0.39, 0.29) is 0 Å². The molecule has 0 spiro atoms. The van der Waals surface area contributed by atoms with Gasteiger partial charge < -0.3 is 4.57 Å². The van der Waals surface area contributed by atoms with E-state index in [9.17, 15) is 0 Å². The van der Waals surface area contributed by atoms with Crippen LogP contribution in [0.1, 0.15) is 0 Å². The summed E-state index contributed by atoms with van der Waals surface area (Å²) < 4.78 is 5.06. The molecule has 7 aromatic rings. The zero-order valence-electron chi connectivity index (χ0n) is 17.3. The summed E-state index contributed by atoms with van der Waals surface area (Å²) in [7, 11) is 0. The van der Waals surface area contributed by atoms with Crippen molar-refractivity contribution in [2.24, 2.45) is 0 Å². The van der Waals surface area contributed by atoms with Gasteiger partial charge in [-0.1, -0.05) is 72.8 Å². The van der Waals surface area contributed by atoms with E-state index in [2.05, 4.69) is 120 Å². The van der Waals surface area contributed by atoms with Gasteiger partial charge in [0.05, 0.1) is 11.0 Å². The molecule has 32 heavy (non-hydrogen) atoms. The lowest BCUT2D eigenvalue weighted by Gasteiger charge is -2.07. The second-order valence-electron chi connectivity index (χ2n) is 8.23. The fourth-order valence-electron chi connectivity index (χ4n) is 4.90. The van der Waals surface area contributed by atoms with Crippen molar-refractivity contribution < 1.29 is 0 Å². The maximum Gasteiger partial charge on any atom is 0.0555 e. The molecule has 0 fully saturated rings. The summed E-state index contributed by atoms with van der Waals surface area (Å²) in [6.45, 7) is 0. The third kappa shape index (κ3) is 2.57. The van der Waals surface area contributed by atoms with E-state index >= 15 is 0 Å². The van der Waals surface area contributed by atoms with Crippen molar-refractivity contribution in [2.45, 2.75) is 0 Å². The Hall–Kier alpha value is -3.88. The quantitative estimate of drug-likeness (QED) is 0.261. The Bertz CT molecular complexity index is 1760. The molecule has 0 saturated carbocycles. The largest absolute Gasteiger partial charge is 0.309 e. The van der Waals surface area contributed by atoms with Gasteiger partial charge in [0.15, 0.2) is 0 Å². The van der Waals surface area contributed by atoms with Gasteiger partial charge in [-0.05, 0) is 53.6 Å². The molecule has 0 aliphatic heterocycles. The van der Waals surface area contributed by atoms with Crippen LogP contribution in [0.2, 0.25) is 0 Å². The van der Waals surface area contributed by atoms with E-state index < -0.39 is 0 Å². The number of thiophene rings is 1. The first-order valence-electron chi connectivity index (χ1n) is 10.9. The van der Waals surface area contributed by atoms with Gasteiger partial charge in [0.1, 0.15) is 0 Å². The van der Waals surface area contributed by atoms with E-state index in [0.717, 1.165) is 0 Å². The highest BCUT2D eigenvalue weighted by Crippen LogP contribution is 2.41. The molecule has 2 aromatic heterocycles. The van der Waals surface area contributed by atoms with Crippen LogP contribution in [-0.2, 0) is 0 Å². The first kappa shape index (κ1) is 17.8. The lowest BCUT2D eigenvalue weighted by atomic mass is 10.0. The molecule has 0 N–H and O–H groups in total. The van der Waals surface area contributed by atoms with Crippen molar-refractivity contribution in [1.29, 1.82) is 0 Å².